The summed E-state index contributed by atoms with van der Waals surface area (Å²) in [6.45, 7) is 2.92. The maximum atomic E-state index is 5.72. The van der Waals surface area contributed by atoms with Crippen LogP contribution < -0.4 is 5.32 Å². The highest BCUT2D eigenvalue weighted by Crippen LogP contribution is 2.29. The van der Waals surface area contributed by atoms with Crippen molar-refractivity contribution in [2.45, 2.75) is 38.3 Å². The SMILES string of the molecule is CCc1ccc(C2CC(NC)CCO2)o1. The molecule has 0 radical (unpaired) electrons. The molecule has 15 heavy (non-hydrogen) atoms. The summed E-state index contributed by atoms with van der Waals surface area (Å²) in [7, 11) is 2.01. The molecule has 1 N–H and O–H groups in total. The van der Waals surface area contributed by atoms with Crippen LogP contribution in [-0.2, 0) is 11.2 Å². The first-order valence-electron chi connectivity index (χ1n) is 5.71. The second-order valence-electron chi connectivity index (χ2n) is 4.03. The Balaban J connectivity index is 2.03. The third-order valence-corrected chi connectivity index (χ3v) is 3.04. The Morgan fingerprint density at radius 1 is 1.47 bits per heavy atom. The molecule has 2 unspecified atom stereocenters. The summed E-state index contributed by atoms with van der Waals surface area (Å²) >= 11 is 0. The minimum atomic E-state index is 0.136. The van der Waals surface area contributed by atoms with Crippen molar-refractivity contribution in [2.24, 2.45) is 0 Å². The Morgan fingerprint density at radius 3 is 3.00 bits per heavy atom. The van der Waals surface area contributed by atoms with E-state index in [9.17, 15) is 0 Å². The molecular formula is C12H19NO2. The standard InChI is InChI=1S/C12H19NO2/c1-3-10-4-5-11(15-10)12-8-9(13-2)6-7-14-12/h4-5,9,12-13H,3,6-8H2,1-2H3. The second kappa shape index (κ2) is 4.81. The van der Waals surface area contributed by atoms with Gasteiger partial charge < -0.3 is 14.5 Å². The Morgan fingerprint density at radius 2 is 2.33 bits per heavy atom. The molecule has 0 saturated carbocycles. The van der Waals surface area contributed by atoms with Gasteiger partial charge in [-0.25, -0.2) is 0 Å². The van der Waals surface area contributed by atoms with Gasteiger partial charge in [-0.15, -0.1) is 0 Å². The van der Waals surface area contributed by atoms with Crippen LogP contribution in [0.2, 0.25) is 0 Å². The van der Waals surface area contributed by atoms with Gasteiger partial charge in [0.1, 0.15) is 17.6 Å². The summed E-state index contributed by atoms with van der Waals surface area (Å²) < 4.78 is 11.4. The van der Waals surface area contributed by atoms with Crippen molar-refractivity contribution in [3.05, 3.63) is 23.7 Å². The largest absolute Gasteiger partial charge is 0.463 e. The van der Waals surface area contributed by atoms with E-state index in [1.165, 1.54) is 0 Å². The topological polar surface area (TPSA) is 34.4 Å². The van der Waals surface area contributed by atoms with E-state index in [1.807, 2.05) is 19.2 Å². The first-order valence-corrected chi connectivity index (χ1v) is 5.71. The van der Waals surface area contributed by atoms with Crippen LogP contribution in [0.5, 0.6) is 0 Å². The van der Waals surface area contributed by atoms with Crippen LogP contribution in [0.25, 0.3) is 0 Å². The van der Waals surface area contributed by atoms with E-state index in [4.69, 9.17) is 9.15 Å². The van der Waals surface area contributed by atoms with Gasteiger partial charge in [-0.2, -0.15) is 0 Å². The van der Waals surface area contributed by atoms with Gasteiger partial charge >= 0.3 is 0 Å². The molecule has 3 nitrogen and oxygen atoms in total. The summed E-state index contributed by atoms with van der Waals surface area (Å²) in [4.78, 5) is 0. The number of ether oxygens (including phenoxy) is 1. The fraction of sp³-hybridized carbons (Fsp3) is 0.667. The maximum Gasteiger partial charge on any atom is 0.133 e. The fourth-order valence-corrected chi connectivity index (χ4v) is 2.01. The zero-order valence-electron chi connectivity index (χ0n) is 9.45. The Labute approximate surface area is 90.8 Å². The van der Waals surface area contributed by atoms with Crippen molar-refractivity contribution in [1.29, 1.82) is 0 Å². The molecule has 1 aromatic rings. The molecular weight excluding hydrogens is 190 g/mol. The third kappa shape index (κ3) is 2.41. The average Bonchev–Trinajstić information content (AvgIpc) is 2.78. The molecule has 1 aliphatic rings. The van der Waals surface area contributed by atoms with Crippen LogP contribution in [0.15, 0.2) is 16.5 Å². The lowest BCUT2D eigenvalue weighted by atomic mass is 10.0. The minimum absolute atomic E-state index is 0.136. The maximum absolute atomic E-state index is 5.72. The highest BCUT2D eigenvalue weighted by molar-refractivity contribution is 5.10. The second-order valence-corrected chi connectivity index (χ2v) is 4.03. The van der Waals surface area contributed by atoms with Gasteiger partial charge in [0.25, 0.3) is 0 Å². The van der Waals surface area contributed by atoms with Crippen LogP contribution in [0, 0.1) is 0 Å². The van der Waals surface area contributed by atoms with Crippen LogP contribution >= 0.6 is 0 Å². The molecule has 1 fully saturated rings. The molecule has 2 rings (SSSR count). The van der Waals surface area contributed by atoms with Gasteiger partial charge in [0.15, 0.2) is 0 Å². The molecule has 3 heteroatoms. The molecule has 1 aliphatic heterocycles. The van der Waals surface area contributed by atoms with Crippen LogP contribution in [0.1, 0.15) is 37.4 Å². The van der Waals surface area contributed by atoms with Gasteiger partial charge in [-0.1, -0.05) is 6.92 Å². The number of hydrogen-bond donors (Lipinski definition) is 1. The number of hydrogen-bond acceptors (Lipinski definition) is 3. The zero-order valence-corrected chi connectivity index (χ0v) is 9.45. The predicted octanol–water partition coefficient (Wildman–Crippen LogP) is 2.28. The van der Waals surface area contributed by atoms with Gasteiger partial charge in [-0.05, 0) is 32.0 Å². The third-order valence-electron chi connectivity index (χ3n) is 3.04. The number of rotatable bonds is 3. The van der Waals surface area contributed by atoms with E-state index in [1.54, 1.807) is 0 Å². The highest BCUT2D eigenvalue weighted by Gasteiger charge is 2.24. The van der Waals surface area contributed by atoms with Gasteiger partial charge in [0.2, 0.25) is 0 Å². The first-order chi connectivity index (χ1) is 7.33. The van der Waals surface area contributed by atoms with Crippen molar-refractivity contribution in [2.75, 3.05) is 13.7 Å². The van der Waals surface area contributed by atoms with Crippen molar-refractivity contribution in [1.82, 2.24) is 5.32 Å². The van der Waals surface area contributed by atoms with Gasteiger partial charge in [0.05, 0.1) is 0 Å². The van der Waals surface area contributed by atoms with Gasteiger partial charge in [0, 0.05) is 19.1 Å². The summed E-state index contributed by atoms with van der Waals surface area (Å²) in [5, 5.41) is 3.30. The van der Waals surface area contributed by atoms with E-state index in [-0.39, 0.29) is 6.10 Å². The summed E-state index contributed by atoms with van der Waals surface area (Å²) in [5.41, 5.74) is 0. The van der Waals surface area contributed by atoms with Crippen LogP contribution in [-0.4, -0.2) is 19.7 Å². The lowest BCUT2D eigenvalue weighted by molar-refractivity contribution is -0.0112. The van der Waals surface area contributed by atoms with Crippen LogP contribution in [0.4, 0.5) is 0 Å². The monoisotopic (exact) mass is 209 g/mol. The summed E-state index contributed by atoms with van der Waals surface area (Å²) in [6, 6.07) is 4.64. The van der Waals surface area contributed by atoms with E-state index < -0.39 is 0 Å². The molecule has 2 atom stereocenters. The van der Waals surface area contributed by atoms with Crippen LogP contribution in [0.3, 0.4) is 0 Å². The lowest BCUT2D eigenvalue weighted by Gasteiger charge is -2.27. The molecule has 1 saturated heterocycles. The minimum Gasteiger partial charge on any atom is -0.463 e. The molecule has 0 amide bonds. The summed E-state index contributed by atoms with van der Waals surface area (Å²) in [5.74, 6) is 2.02. The predicted molar refractivity (Wildman–Crippen MR) is 58.9 cm³/mol. The zero-order chi connectivity index (χ0) is 10.7. The Hall–Kier alpha value is -0.800. The molecule has 1 aromatic heterocycles. The van der Waals surface area contributed by atoms with Crippen molar-refractivity contribution in [3.8, 4) is 0 Å². The van der Waals surface area contributed by atoms with E-state index >= 15 is 0 Å². The Kier molecular flexibility index (Phi) is 3.44. The van der Waals surface area contributed by atoms with E-state index in [2.05, 4.69) is 12.2 Å². The van der Waals surface area contributed by atoms with Crippen molar-refractivity contribution in [3.63, 3.8) is 0 Å². The van der Waals surface area contributed by atoms with Crippen molar-refractivity contribution < 1.29 is 9.15 Å². The van der Waals surface area contributed by atoms with Gasteiger partial charge in [-0.3, -0.25) is 0 Å². The normalized spacial score (nSPS) is 26.8. The number of nitrogens with one attached hydrogen (secondary N) is 1. The average molecular weight is 209 g/mol. The highest BCUT2D eigenvalue weighted by atomic mass is 16.5. The van der Waals surface area contributed by atoms with E-state index in [0.29, 0.717) is 6.04 Å². The molecule has 0 spiro atoms. The van der Waals surface area contributed by atoms with E-state index in [0.717, 1.165) is 37.4 Å². The van der Waals surface area contributed by atoms with Crippen molar-refractivity contribution >= 4 is 0 Å². The lowest BCUT2D eigenvalue weighted by Crippen LogP contribution is -2.33. The smallest absolute Gasteiger partial charge is 0.133 e. The number of furan rings is 1. The molecule has 0 bridgehead atoms. The molecule has 0 aliphatic carbocycles. The molecule has 84 valence electrons. The first kappa shape index (κ1) is 10.7. The Bertz CT molecular complexity index is 308. The molecule has 0 aromatic carbocycles. The number of aryl methyl sites for hydroxylation is 1. The fourth-order valence-electron chi connectivity index (χ4n) is 2.01. The quantitative estimate of drug-likeness (QED) is 0.829. The summed E-state index contributed by atoms with van der Waals surface area (Å²) in [6.07, 6.45) is 3.18. The molecule has 2 heterocycles.